The summed E-state index contributed by atoms with van der Waals surface area (Å²) < 4.78 is 6.80. The van der Waals surface area contributed by atoms with Crippen LogP contribution in [0.15, 0.2) is 63.9 Å². The van der Waals surface area contributed by atoms with E-state index in [1.54, 1.807) is 23.5 Å². The first kappa shape index (κ1) is 17.6. The van der Waals surface area contributed by atoms with Gasteiger partial charge in [-0.2, -0.15) is 0 Å². The molecule has 128 valence electrons. The molecule has 0 bridgehead atoms. The van der Waals surface area contributed by atoms with Gasteiger partial charge in [0.05, 0.1) is 16.8 Å². The molecule has 0 saturated heterocycles. The zero-order chi connectivity index (χ0) is 17.6. The summed E-state index contributed by atoms with van der Waals surface area (Å²) in [5, 5.41) is 1.93. The van der Waals surface area contributed by atoms with Crippen molar-refractivity contribution in [2.24, 2.45) is 0 Å². The number of hydrogen-bond acceptors (Lipinski definition) is 4. The first-order valence-electron chi connectivity index (χ1n) is 7.73. The van der Waals surface area contributed by atoms with E-state index in [4.69, 9.17) is 4.74 Å². The van der Waals surface area contributed by atoms with Gasteiger partial charge in [0.1, 0.15) is 12.4 Å². The van der Waals surface area contributed by atoms with Crippen LogP contribution in [-0.4, -0.2) is 22.8 Å². The molecule has 0 atom stereocenters. The Morgan fingerprint density at radius 1 is 1.20 bits per heavy atom. The summed E-state index contributed by atoms with van der Waals surface area (Å²) in [5.41, 5.74) is 4.22. The highest BCUT2D eigenvalue weighted by Gasteiger charge is 2.17. The third-order valence-corrected chi connectivity index (χ3v) is 5.10. The molecule has 0 unspecified atom stereocenters. The van der Waals surface area contributed by atoms with Crippen LogP contribution in [0.4, 0.5) is 0 Å². The molecule has 1 amide bonds. The molecule has 0 N–H and O–H groups in total. The molecule has 3 aromatic rings. The second-order valence-corrected chi connectivity index (χ2v) is 7.09. The van der Waals surface area contributed by atoms with E-state index in [2.05, 4.69) is 20.9 Å². The first-order chi connectivity index (χ1) is 12.1. The third-order valence-electron chi connectivity index (χ3n) is 3.69. The van der Waals surface area contributed by atoms with Crippen molar-refractivity contribution >= 4 is 33.2 Å². The Hall–Kier alpha value is -2.18. The number of ether oxygens (including phenoxy) is 1. The van der Waals surface area contributed by atoms with Crippen LogP contribution in [0, 0.1) is 0 Å². The van der Waals surface area contributed by atoms with Crippen molar-refractivity contribution in [2.45, 2.75) is 13.2 Å². The maximum Gasteiger partial charge on any atom is 0.257 e. The summed E-state index contributed by atoms with van der Waals surface area (Å²) in [4.78, 5) is 18.7. The van der Waals surface area contributed by atoms with E-state index < -0.39 is 0 Å². The Kier molecular flexibility index (Phi) is 5.83. The van der Waals surface area contributed by atoms with Crippen LogP contribution in [-0.2, 0) is 13.2 Å². The Bertz CT molecular complexity index is 852. The number of amides is 1. The maximum absolute atomic E-state index is 12.9. The van der Waals surface area contributed by atoms with Gasteiger partial charge in [-0.25, -0.2) is 4.98 Å². The van der Waals surface area contributed by atoms with Gasteiger partial charge in [0.25, 0.3) is 5.91 Å². The fraction of sp³-hybridized carbons (Fsp3) is 0.158. The quantitative estimate of drug-likeness (QED) is 0.581. The predicted molar refractivity (Wildman–Crippen MR) is 103 cm³/mol. The van der Waals surface area contributed by atoms with Gasteiger partial charge < -0.3 is 9.64 Å². The lowest BCUT2D eigenvalue weighted by molar-refractivity contribution is 0.0780. The summed E-state index contributed by atoms with van der Waals surface area (Å²) >= 11 is 5.04. The van der Waals surface area contributed by atoms with Crippen molar-refractivity contribution < 1.29 is 9.53 Å². The van der Waals surface area contributed by atoms with E-state index in [1.165, 1.54) is 11.3 Å². The van der Waals surface area contributed by atoms with Gasteiger partial charge in [-0.05, 0) is 23.8 Å². The standard InChI is InChI=1S/C19H17BrN2O2S/c1-22(10-14-6-2-4-8-17(14)20)19(23)16-7-3-5-9-18(16)24-11-15-12-25-13-21-15/h2-9,12-13H,10-11H2,1H3. The summed E-state index contributed by atoms with van der Waals surface area (Å²) in [6.07, 6.45) is 0. The molecule has 6 heteroatoms. The lowest BCUT2D eigenvalue weighted by Crippen LogP contribution is -2.26. The Balaban J connectivity index is 1.74. The SMILES string of the molecule is CN(Cc1ccccc1Br)C(=O)c1ccccc1OCc1cscn1. The molecular formula is C19H17BrN2O2S. The van der Waals surface area contributed by atoms with Crippen molar-refractivity contribution in [3.63, 3.8) is 0 Å². The predicted octanol–water partition coefficient (Wildman–Crippen LogP) is 4.76. The van der Waals surface area contributed by atoms with Crippen LogP contribution in [0.3, 0.4) is 0 Å². The van der Waals surface area contributed by atoms with Crippen molar-refractivity contribution in [1.82, 2.24) is 9.88 Å². The number of para-hydroxylation sites is 1. The molecule has 4 nitrogen and oxygen atoms in total. The lowest BCUT2D eigenvalue weighted by atomic mass is 10.1. The number of nitrogens with zero attached hydrogens (tertiary/aromatic N) is 2. The lowest BCUT2D eigenvalue weighted by Gasteiger charge is -2.20. The number of thiazole rings is 1. The molecule has 0 aliphatic heterocycles. The molecule has 0 radical (unpaired) electrons. The molecule has 0 saturated carbocycles. The molecule has 0 spiro atoms. The van der Waals surface area contributed by atoms with Gasteiger partial charge in [0.15, 0.2) is 0 Å². The summed E-state index contributed by atoms with van der Waals surface area (Å²) in [6.45, 7) is 0.864. The number of rotatable bonds is 6. The number of benzene rings is 2. The maximum atomic E-state index is 12.9. The smallest absolute Gasteiger partial charge is 0.257 e. The Morgan fingerprint density at radius 2 is 1.96 bits per heavy atom. The minimum atomic E-state index is -0.0790. The fourth-order valence-corrected chi connectivity index (χ4v) is 3.34. The van der Waals surface area contributed by atoms with Crippen molar-refractivity contribution in [3.05, 3.63) is 80.7 Å². The van der Waals surface area contributed by atoms with E-state index in [1.807, 2.05) is 47.8 Å². The minimum Gasteiger partial charge on any atom is -0.486 e. The van der Waals surface area contributed by atoms with Crippen molar-refractivity contribution in [2.75, 3.05) is 7.05 Å². The topological polar surface area (TPSA) is 42.4 Å². The van der Waals surface area contributed by atoms with E-state index in [0.717, 1.165) is 15.7 Å². The Labute approximate surface area is 159 Å². The van der Waals surface area contributed by atoms with E-state index in [-0.39, 0.29) is 5.91 Å². The van der Waals surface area contributed by atoms with Gasteiger partial charge in [-0.15, -0.1) is 11.3 Å². The van der Waals surface area contributed by atoms with Crippen molar-refractivity contribution in [3.8, 4) is 5.75 Å². The van der Waals surface area contributed by atoms with Gasteiger partial charge in [-0.1, -0.05) is 46.3 Å². The molecule has 3 rings (SSSR count). The van der Waals surface area contributed by atoms with Crippen LogP contribution in [0.1, 0.15) is 21.6 Å². The van der Waals surface area contributed by atoms with Crippen LogP contribution >= 0.6 is 27.3 Å². The van der Waals surface area contributed by atoms with Crippen LogP contribution < -0.4 is 4.74 Å². The number of hydrogen-bond donors (Lipinski definition) is 0. The molecule has 1 heterocycles. The molecule has 25 heavy (non-hydrogen) atoms. The molecule has 1 aromatic heterocycles. The summed E-state index contributed by atoms with van der Waals surface area (Å²) in [5.74, 6) is 0.490. The van der Waals surface area contributed by atoms with E-state index in [9.17, 15) is 4.79 Å². The van der Waals surface area contributed by atoms with Gasteiger partial charge in [0.2, 0.25) is 0 Å². The fourth-order valence-electron chi connectivity index (χ4n) is 2.39. The van der Waals surface area contributed by atoms with Gasteiger partial charge in [0, 0.05) is 23.4 Å². The average Bonchev–Trinajstić information content (AvgIpc) is 3.15. The number of carbonyl (C=O) groups is 1. The highest BCUT2D eigenvalue weighted by atomic mass is 79.9. The normalized spacial score (nSPS) is 10.5. The van der Waals surface area contributed by atoms with Crippen LogP contribution in [0.2, 0.25) is 0 Å². The number of halogens is 1. The highest BCUT2D eigenvalue weighted by molar-refractivity contribution is 9.10. The summed E-state index contributed by atoms with van der Waals surface area (Å²) in [7, 11) is 1.79. The Morgan fingerprint density at radius 3 is 2.72 bits per heavy atom. The van der Waals surface area contributed by atoms with Crippen LogP contribution in [0.25, 0.3) is 0 Å². The van der Waals surface area contributed by atoms with Gasteiger partial charge >= 0.3 is 0 Å². The average molecular weight is 417 g/mol. The second kappa shape index (κ2) is 8.27. The minimum absolute atomic E-state index is 0.0790. The highest BCUT2D eigenvalue weighted by Crippen LogP contribution is 2.23. The molecular weight excluding hydrogens is 400 g/mol. The molecule has 0 aliphatic carbocycles. The molecule has 0 fully saturated rings. The zero-order valence-corrected chi connectivity index (χ0v) is 16.1. The number of aromatic nitrogens is 1. The second-order valence-electron chi connectivity index (χ2n) is 5.52. The molecule has 2 aromatic carbocycles. The third kappa shape index (κ3) is 4.46. The number of carbonyl (C=O) groups excluding carboxylic acids is 1. The summed E-state index contributed by atoms with van der Waals surface area (Å²) in [6, 6.07) is 15.2. The van der Waals surface area contributed by atoms with Crippen molar-refractivity contribution in [1.29, 1.82) is 0 Å². The zero-order valence-electron chi connectivity index (χ0n) is 13.7. The molecule has 0 aliphatic rings. The first-order valence-corrected chi connectivity index (χ1v) is 9.46. The van der Waals surface area contributed by atoms with Crippen LogP contribution in [0.5, 0.6) is 5.75 Å². The van der Waals surface area contributed by atoms with Gasteiger partial charge in [-0.3, -0.25) is 4.79 Å². The van der Waals surface area contributed by atoms with E-state index >= 15 is 0 Å². The monoisotopic (exact) mass is 416 g/mol. The van der Waals surface area contributed by atoms with E-state index in [0.29, 0.717) is 24.5 Å². The largest absolute Gasteiger partial charge is 0.486 e.